The van der Waals surface area contributed by atoms with Gasteiger partial charge in [0.25, 0.3) is 0 Å². The van der Waals surface area contributed by atoms with Crippen LogP contribution in [0.5, 0.6) is 5.75 Å². The van der Waals surface area contributed by atoms with Crippen molar-refractivity contribution in [3.63, 3.8) is 0 Å². The number of anilines is 2. The molecular weight excluding hydrogens is 356 g/mol. The van der Waals surface area contributed by atoms with Crippen LogP contribution in [-0.2, 0) is 4.79 Å². The van der Waals surface area contributed by atoms with Crippen molar-refractivity contribution in [2.45, 2.75) is 32.6 Å². The van der Waals surface area contributed by atoms with Crippen LogP contribution in [0, 0.1) is 6.92 Å². The molecule has 1 fully saturated rings. The third kappa shape index (κ3) is 3.49. The molecule has 1 aromatic carbocycles. The topological polar surface area (TPSA) is 96.0 Å². The van der Waals surface area contributed by atoms with Gasteiger partial charge in [-0.05, 0) is 31.9 Å². The highest BCUT2D eigenvalue weighted by atomic mass is 16.5. The predicted molar refractivity (Wildman–Crippen MR) is 108 cm³/mol. The number of carbonyl (C=O) groups is 1. The van der Waals surface area contributed by atoms with E-state index >= 15 is 0 Å². The van der Waals surface area contributed by atoms with E-state index in [0.29, 0.717) is 0 Å². The van der Waals surface area contributed by atoms with Crippen LogP contribution >= 0.6 is 0 Å². The Bertz CT molecular complexity index is 1020. The second-order valence-electron chi connectivity index (χ2n) is 7.15. The number of aromatic nitrogens is 4. The SMILES string of the molecule is COc1ccc2nc(N3CCCC(c4[nH]ncc4NC(C)=O)C3)c(C)nc2c1. The standard InChI is InChI=1S/C20H24N6O2/c1-12-20(24-16-7-6-15(28-3)9-17(16)22-12)26-8-4-5-14(11-26)19-18(10-21-25-19)23-13(2)27/h6-7,9-10,14H,4-5,8,11H2,1-3H3,(H,21,25)(H,23,27). The lowest BCUT2D eigenvalue weighted by atomic mass is 9.94. The van der Waals surface area contributed by atoms with E-state index < -0.39 is 0 Å². The van der Waals surface area contributed by atoms with Gasteiger partial charge in [-0.2, -0.15) is 5.10 Å². The average molecular weight is 380 g/mol. The fraction of sp³-hybridized carbons (Fsp3) is 0.400. The number of aromatic amines is 1. The lowest BCUT2D eigenvalue weighted by Crippen LogP contribution is -2.36. The smallest absolute Gasteiger partial charge is 0.221 e. The van der Waals surface area contributed by atoms with Crippen molar-refractivity contribution in [3.8, 4) is 5.75 Å². The molecule has 0 aliphatic carbocycles. The molecule has 8 heteroatoms. The lowest BCUT2D eigenvalue weighted by Gasteiger charge is -2.34. The molecule has 1 amide bonds. The first-order valence-corrected chi connectivity index (χ1v) is 9.43. The van der Waals surface area contributed by atoms with E-state index in [1.165, 1.54) is 6.92 Å². The summed E-state index contributed by atoms with van der Waals surface area (Å²) >= 11 is 0. The number of rotatable bonds is 4. The number of H-pyrrole nitrogens is 1. The highest BCUT2D eigenvalue weighted by Gasteiger charge is 2.27. The number of nitrogens with zero attached hydrogens (tertiary/aromatic N) is 4. The zero-order valence-electron chi connectivity index (χ0n) is 16.3. The number of nitrogens with one attached hydrogen (secondary N) is 2. The molecule has 0 bridgehead atoms. The number of hydrogen-bond acceptors (Lipinski definition) is 6. The number of fused-ring (bicyclic) bond motifs is 1. The Balaban J connectivity index is 1.62. The highest BCUT2D eigenvalue weighted by molar-refractivity contribution is 5.89. The van der Waals surface area contributed by atoms with Gasteiger partial charge in [-0.25, -0.2) is 9.97 Å². The molecule has 4 rings (SSSR count). The number of ether oxygens (including phenoxy) is 1. The minimum atomic E-state index is -0.0954. The molecule has 1 aliphatic rings. The van der Waals surface area contributed by atoms with E-state index in [-0.39, 0.29) is 11.8 Å². The molecule has 0 spiro atoms. The van der Waals surface area contributed by atoms with Gasteiger partial charge in [-0.15, -0.1) is 0 Å². The summed E-state index contributed by atoms with van der Waals surface area (Å²) in [4.78, 5) is 23.3. The first kappa shape index (κ1) is 18.2. The lowest BCUT2D eigenvalue weighted by molar-refractivity contribution is -0.114. The minimum absolute atomic E-state index is 0.0954. The fourth-order valence-electron chi connectivity index (χ4n) is 3.84. The summed E-state index contributed by atoms with van der Waals surface area (Å²) in [6.07, 6.45) is 3.73. The highest BCUT2D eigenvalue weighted by Crippen LogP contribution is 2.33. The Morgan fingerprint density at radius 3 is 2.96 bits per heavy atom. The van der Waals surface area contributed by atoms with E-state index in [1.54, 1.807) is 13.3 Å². The number of piperidine rings is 1. The molecule has 3 heterocycles. The zero-order valence-corrected chi connectivity index (χ0v) is 16.3. The third-order valence-corrected chi connectivity index (χ3v) is 5.13. The summed E-state index contributed by atoms with van der Waals surface area (Å²) in [5.74, 6) is 1.83. The molecule has 28 heavy (non-hydrogen) atoms. The quantitative estimate of drug-likeness (QED) is 0.722. The van der Waals surface area contributed by atoms with Crippen molar-refractivity contribution in [1.82, 2.24) is 20.2 Å². The summed E-state index contributed by atoms with van der Waals surface area (Å²) in [7, 11) is 1.65. The van der Waals surface area contributed by atoms with Crippen molar-refractivity contribution in [2.24, 2.45) is 0 Å². The number of hydrogen-bond donors (Lipinski definition) is 2. The van der Waals surface area contributed by atoms with E-state index in [1.807, 2.05) is 25.1 Å². The first-order valence-electron chi connectivity index (χ1n) is 9.43. The number of methoxy groups -OCH3 is 1. The molecule has 1 aliphatic heterocycles. The molecule has 146 valence electrons. The Morgan fingerprint density at radius 2 is 2.18 bits per heavy atom. The Hall–Kier alpha value is -3.16. The summed E-state index contributed by atoms with van der Waals surface area (Å²) in [6.45, 7) is 5.22. The summed E-state index contributed by atoms with van der Waals surface area (Å²) in [5, 5.41) is 10.1. The maximum Gasteiger partial charge on any atom is 0.221 e. The normalized spacial score (nSPS) is 17.0. The van der Waals surface area contributed by atoms with Crippen LogP contribution in [0.1, 0.15) is 37.1 Å². The number of benzene rings is 1. The van der Waals surface area contributed by atoms with Crippen molar-refractivity contribution < 1.29 is 9.53 Å². The van der Waals surface area contributed by atoms with E-state index in [9.17, 15) is 4.79 Å². The second kappa shape index (κ2) is 7.46. The number of aryl methyl sites for hydroxylation is 1. The van der Waals surface area contributed by atoms with Gasteiger partial charge in [0.15, 0.2) is 5.82 Å². The maximum absolute atomic E-state index is 11.5. The van der Waals surface area contributed by atoms with Crippen molar-refractivity contribution in [2.75, 3.05) is 30.4 Å². The van der Waals surface area contributed by atoms with Crippen LogP contribution in [0.4, 0.5) is 11.5 Å². The van der Waals surface area contributed by atoms with Crippen molar-refractivity contribution in [3.05, 3.63) is 35.8 Å². The maximum atomic E-state index is 11.5. The molecule has 2 N–H and O–H groups in total. The van der Waals surface area contributed by atoms with E-state index in [0.717, 1.165) is 65.6 Å². The molecular formula is C20H24N6O2. The Labute approximate surface area is 163 Å². The fourth-order valence-corrected chi connectivity index (χ4v) is 3.84. The van der Waals surface area contributed by atoms with E-state index in [4.69, 9.17) is 14.7 Å². The molecule has 3 aromatic rings. The summed E-state index contributed by atoms with van der Waals surface area (Å²) in [5.41, 5.74) is 4.30. The van der Waals surface area contributed by atoms with Gasteiger partial charge in [0.2, 0.25) is 5.91 Å². The van der Waals surface area contributed by atoms with Gasteiger partial charge < -0.3 is 15.0 Å². The minimum Gasteiger partial charge on any atom is -0.497 e. The van der Waals surface area contributed by atoms with Crippen molar-refractivity contribution >= 4 is 28.4 Å². The average Bonchev–Trinajstić information content (AvgIpc) is 3.14. The molecule has 1 atom stereocenters. The monoisotopic (exact) mass is 380 g/mol. The van der Waals surface area contributed by atoms with Crippen LogP contribution in [0.25, 0.3) is 11.0 Å². The van der Waals surface area contributed by atoms with Crippen LogP contribution in [0.2, 0.25) is 0 Å². The molecule has 8 nitrogen and oxygen atoms in total. The van der Waals surface area contributed by atoms with E-state index in [2.05, 4.69) is 20.4 Å². The van der Waals surface area contributed by atoms with Gasteiger partial charge >= 0.3 is 0 Å². The molecule has 2 aromatic heterocycles. The summed E-state index contributed by atoms with van der Waals surface area (Å²) in [6, 6.07) is 5.75. The Morgan fingerprint density at radius 1 is 1.32 bits per heavy atom. The van der Waals surface area contributed by atoms with Gasteiger partial charge in [-0.1, -0.05) is 0 Å². The van der Waals surface area contributed by atoms with Gasteiger partial charge in [0.05, 0.1) is 41.4 Å². The molecule has 1 unspecified atom stereocenters. The van der Waals surface area contributed by atoms with Crippen LogP contribution in [0.15, 0.2) is 24.4 Å². The van der Waals surface area contributed by atoms with Crippen LogP contribution < -0.4 is 15.0 Å². The van der Waals surface area contributed by atoms with Gasteiger partial charge in [0.1, 0.15) is 5.75 Å². The van der Waals surface area contributed by atoms with Crippen LogP contribution in [-0.4, -0.2) is 46.3 Å². The molecule has 0 radical (unpaired) electrons. The predicted octanol–water partition coefficient (Wildman–Crippen LogP) is 3.01. The first-order chi connectivity index (χ1) is 13.5. The second-order valence-corrected chi connectivity index (χ2v) is 7.15. The van der Waals surface area contributed by atoms with Gasteiger partial charge in [0, 0.05) is 32.0 Å². The Kier molecular flexibility index (Phi) is 4.85. The molecule has 1 saturated heterocycles. The summed E-state index contributed by atoms with van der Waals surface area (Å²) < 4.78 is 5.29. The zero-order chi connectivity index (χ0) is 19.7. The number of carbonyl (C=O) groups excluding carboxylic acids is 1. The van der Waals surface area contributed by atoms with Gasteiger partial charge in [-0.3, -0.25) is 9.89 Å². The van der Waals surface area contributed by atoms with Crippen LogP contribution in [0.3, 0.4) is 0 Å². The molecule has 0 saturated carbocycles. The third-order valence-electron chi connectivity index (χ3n) is 5.13. The largest absolute Gasteiger partial charge is 0.497 e. The van der Waals surface area contributed by atoms with Crippen molar-refractivity contribution in [1.29, 1.82) is 0 Å². The number of amides is 1.